The van der Waals surface area contributed by atoms with Crippen molar-refractivity contribution in [3.63, 3.8) is 0 Å². The summed E-state index contributed by atoms with van der Waals surface area (Å²) < 4.78 is 34.4. The molecule has 0 bridgehead atoms. The fourth-order valence-electron chi connectivity index (χ4n) is 0. The third-order valence-electron chi connectivity index (χ3n) is 0. The number of hydrogen-bond acceptors (Lipinski definition) is 4. The van der Waals surface area contributed by atoms with Gasteiger partial charge in [0.1, 0.15) is 0 Å². The van der Waals surface area contributed by atoms with Crippen molar-refractivity contribution in [1.82, 2.24) is 0 Å². The molecule has 0 unspecified atom stereocenters. The summed E-state index contributed by atoms with van der Waals surface area (Å²) in [6.45, 7) is 0. The van der Waals surface area contributed by atoms with Crippen LogP contribution >= 0.6 is 0 Å². The fourth-order valence-corrected chi connectivity index (χ4v) is 0. The first-order valence-electron chi connectivity index (χ1n) is 0.577. The molecule has 0 saturated carbocycles. The molecule has 0 aliphatic rings. The van der Waals surface area contributed by atoms with Gasteiger partial charge in [0.15, 0.2) is 0 Å². The Hall–Kier alpha value is 2.14. The van der Waals surface area contributed by atoms with Crippen LogP contribution in [-0.2, 0) is 22.5 Å². The zero-order valence-electron chi connectivity index (χ0n) is 3.99. The molecule has 4 nitrogen and oxygen atoms in total. The van der Waals surface area contributed by atoms with Gasteiger partial charge in [-0.05, 0) is 0 Å². The van der Waals surface area contributed by atoms with Crippen LogP contribution in [0, 0.1) is 0 Å². The van der Waals surface area contributed by atoms with Crippen molar-refractivity contribution in [2.45, 2.75) is 0 Å². The van der Waals surface area contributed by atoms with Gasteiger partial charge in [0.25, 0.3) is 0 Å². The third kappa shape index (κ3) is 66.9. The van der Waals surface area contributed by atoms with Crippen LogP contribution in [-0.4, -0.2) is 0 Å². The van der Waals surface area contributed by atoms with E-state index in [1.165, 1.54) is 0 Å². The van der Waals surface area contributed by atoms with Gasteiger partial charge in [-0.3, -0.25) is 0 Å². The Bertz CT molecular complexity index is 92.9. The molecular weight excluding hydrogens is 211 g/mol. The minimum atomic E-state index is -5.86. The minimum absolute atomic E-state index is 0. The molecule has 0 aromatic carbocycles. The van der Waals surface area contributed by atoms with E-state index in [4.69, 9.17) is 15.0 Å². The first-order valence-corrected chi connectivity index (χ1v) is 3.42. The van der Waals surface area contributed by atoms with Crippen LogP contribution in [0.15, 0.2) is 0 Å². The monoisotopic (exact) mass is 212 g/mol. The standard InChI is InChI=1S/2Na.4O.Ru/q2*+1;;;2*-1;. The molecule has 0 atom stereocenters. The molecule has 0 amide bonds. The van der Waals surface area contributed by atoms with Crippen LogP contribution in [0.4, 0.5) is 0 Å². The van der Waals surface area contributed by atoms with E-state index in [9.17, 15) is 0 Å². The van der Waals surface area contributed by atoms with Gasteiger partial charge in [0.2, 0.25) is 0 Å². The van der Waals surface area contributed by atoms with Gasteiger partial charge in [-0.2, -0.15) is 0 Å². The van der Waals surface area contributed by atoms with Gasteiger partial charge in [0.05, 0.1) is 0 Å². The molecule has 0 aromatic heterocycles. The van der Waals surface area contributed by atoms with E-state index in [1.807, 2.05) is 0 Å². The van der Waals surface area contributed by atoms with Crippen LogP contribution in [0.25, 0.3) is 0 Å². The third-order valence-corrected chi connectivity index (χ3v) is 0. The summed E-state index contributed by atoms with van der Waals surface area (Å²) in [7, 11) is 0. The molecule has 0 aromatic rings. The molecule has 0 N–H and O–H groups in total. The molecule has 7 heavy (non-hydrogen) atoms. The van der Waals surface area contributed by atoms with E-state index in [0.717, 1.165) is 0 Å². The Morgan fingerprint density at radius 2 is 1.00 bits per heavy atom. The average Bonchev–Trinajstić information content (AvgIpc) is 0.722. The zero-order chi connectivity index (χ0) is 4.50. The van der Waals surface area contributed by atoms with Gasteiger partial charge in [-0.1, -0.05) is 0 Å². The summed E-state index contributed by atoms with van der Waals surface area (Å²) in [5.74, 6) is 0. The van der Waals surface area contributed by atoms with E-state index < -0.39 is 15.4 Å². The summed E-state index contributed by atoms with van der Waals surface area (Å²) in [4.78, 5) is 0. The van der Waals surface area contributed by atoms with Gasteiger partial charge in [-0.15, -0.1) is 0 Å². The Kier molecular flexibility index (Phi) is 14.4. The Labute approximate surface area is 88.0 Å². The number of rotatable bonds is 0. The van der Waals surface area contributed by atoms with E-state index in [0.29, 0.717) is 0 Å². The topological polar surface area (TPSA) is 80.3 Å². The van der Waals surface area contributed by atoms with E-state index in [1.54, 1.807) is 0 Å². The summed E-state index contributed by atoms with van der Waals surface area (Å²) in [5, 5.41) is 0. The van der Waals surface area contributed by atoms with Crippen molar-refractivity contribution < 1.29 is 89.5 Å². The van der Waals surface area contributed by atoms with Crippen LogP contribution in [0.2, 0.25) is 0 Å². The van der Waals surface area contributed by atoms with Gasteiger partial charge in [-0.25, -0.2) is 0 Å². The molecule has 0 aliphatic heterocycles. The van der Waals surface area contributed by atoms with Crippen molar-refractivity contribution in [3.05, 3.63) is 0 Å². The van der Waals surface area contributed by atoms with Crippen molar-refractivity contribution in [1.29, 1.82) is 0 Å². The zero-order valence-corrected chi connectivity index (χ0v) is 9.72. The molecular formula is Na2O4Ru. The molecule has 0 rings (SSSR count). The van der Waals surface area contributed by atoms with E-state index in [-0.39, 0.29) is 59.1 Å². The van der Waals surface area contributed by atoms with Crippen molar-refractivity contribution in [2.24, 2.45) is 0 Å². The van der Waals surface area contributed by atoms with Crippen molar-refractivity contribution >= 4 is 0 Å². The molecule has 0 saturated heterocycles. The molecule has 34 valence electrons. The molecule has 7 heteroatoms. The van der Waals surface area contributed by atoms with Crippen molar-refractivity contribution in [2.75, 3.05) is 0 Å². The summed E-state index contributed by atoms with van der Waals surface area (Å²) in [6.07, 6.45) is 0. The van der Waals surface area contributed by atoms with Crippen LogP contribution in [0.1, 0.15) is 0 Å². The summed E-state index contributed by atoms with van der Waals surface area (Å²) >= 11 is -5.86. The average molecular weight is 211 g/mol. The van der Waals surface area contributed by atoms with Crippen molar-refractivity contribution in [3.8, 4) is 0 Å². The van der Waals surface area contributed by atoms with Gasteiger partial charge >= 0.3 is 89.5 Å². The second kappa shape index (κ2) is 6.27. The van der Waals surface area contributed by atoms with Crippen LogP contribution in [0.3, 0.4) is 0 Å². The first kappa shape index (κ1) is 16.1. The normalized spacial score (nSPS) is 10.6. The Balaban J connectivity index is -0.0000000800. The molecule has 0 fully saturated rings. The van der Waals surface area contributed by atoms with Gasteiger partial charge < -0.3 is 0 Å². The second-order valence-electron chi connectivity index (χ2n) is 0.354. The van der Waals surface area contributed by atoms with E-state index >= 15 is 0 Å². The molecule has 0 radical (unpaired) electrons. The quantitative estimate of drug-likeness (QED) is 0.372. The maximum absolute atomic E-state index is 8.61. The SMILES string of the molecule is [Na+].[Na+].[O]=[Ru](=[O])([O-])[O-]. The van der Waals surface area contributed by atoms with E-state index in [2.05, 4.69) is 0 Å². The van der Waals surface area contributed by atoms with Crippen LogP contribution in [0.5, 0.6) is 0 Å². The molecule has 0 heterocycles. The molecule has 0 spiro atoms. The van der Waals surface area contributed by atoms with Gasteiger partial charge in [0, 0.05) is 0 Å². The second-order valence-corrected chi connectivity index (χ2v) is 2.09. The predicted molar refractivity (Wildman–Crippen MR) is 1.37 cm³/mol. The Morgan fingerprint density at radius 3 is 1.00 bits per heavy atom. The maximum atomic E-state index is 8.61. The number of hydrogen-bond donors (Lipinski definition) is 0. The fraction of sp³-hybridized carbons (Fsp3) is 0. The first-order chi connectivity index (χ1) is 2.00. The van der Waals surface area contributed by atoms with Crippen LogP contribution < -0.4 is 67.0 Å². The summed E-state index contributed by atoms with van der Waals surface area (Å²) in [6, 6.07) is 0. The summed E-state index contributed by atoms with van der Waals surface area (Å²) in [5.41, 5.74) is 0. The predicted octanol–water partition coefficient (Wildman–Crippen LogP) is -8.61. The Morgan fingerprint density at radius 1 is 1.00 bits per heavy atom. The molecule has 0 aliphatic carbocycles.